The molecule has 2 unspecified atom stereocenters. The minimum absolute atomic E-state index is 0.528. The molecule has 2 aromatic rings. The Labute approximate surface area is 122 Å². The monoisotopic (exact) mass is 265 g/mol. The van der Waals surface area contributed by atoms with Gasteiger partial charge in [-0.05, 0) is 49.9 Å². The van der Waals surface area contributed by atoms with Gasteiger partial charge in [-0.25, -0.2) is 0 Å². The van der Waals surface area contributed by atoms with Crippen molar-refractivity contribution < 1.29 is 0 Å². The zero-order chi connectivity index (χ0) is 13.9. The number of fused-ring (bicyclic) bond motifs is 1. The average molecular weight is 265 g/mol. The second kappa shape index (κ2) is 5.80. The lowest BCUT2D eigenvalue weighted by atomic mass is 9.88. The standard InChI is InChI=1S/C19H23N/c1-14-6-5-7-15(12-14)13-19(20-2)18-11-10-16-8-3-4-9-17(16)18/h3-9,12,18-20H,10-11,13H2,1-2H3. The molecule has 104 valence electrons. The van der Waals surface area contributed by atoms with Crippen molar-refractivity contribution in [3.8, 4) is 0 Å². The highest BCUT2D eigenvalue weighted by atomic mass is 14.9. The van der Waals surface area contributed by atoms with Gasteiger partial charge in [-0.15, -0.1) is 0 Å². The number of benzene rings is 2. The summed E-state index contributed by atoms with van der Waals surface area (Å²) in [6, 6.07) is 18.4. The summed E-state index contributed by atoms with van der Waals surface area (Å²) < 4.78 is 0. The molecule has 0 saturated heterocycles. The number of rotatable bonds is 4. The van der Waals surface area contributed by atoms with Crippen molar-refractivity contribution in [3.05, 3.63) is 70.8 Å². The van der Waals surface area contributed by atoms with E-state index >= 15 is 0 Å². The molecule has 0 heterocycles. The van der Waals surface area contributed by atoms with Gasteiger partial charge in [-0.1, -0.05) is 54.1 Å². The molecule has 0 radical (unpaired) electrons. The Balaban J connectivity index is 1.81. The predicted molar refractivity (Wildman–Crippen MR) is 85.2 cm³/mol. The van der Waals surface area contributed by atoms with Crippen molar-refractivity contribution in [2.24, 2.45) is 0 Å². The maximum absolute atomic E-state index is 3.55. The van der Waals surface area contributed by atoms with Gasteiger partial charge >= 0.3 is 0 Å². The predicted octanol–water partition coefficient (Wildman–Crippen LogP) is 3.86. The van der Waals surface area contributed by atoms with Crippen LogP contribution in [-0.2, 0) is 12.8 Å². The van der Waals surface area contributed by atoms with Gasteiger partial charge in [0.05, 0.1) is 0 Å². The topological polar surface area (TPSA) is 12.0 Å². The molecule has 3 rings (SSSR count). The van der Waals surface area contributed by atoms with E-state index in [4.69, 9.17) is 0 Å². The molecule has 0 spiro atoms. The van der Waals surface area contributed by atoms with Crippen LogP contribution in [0.15, 0.2) is 48.5 Å². The minimum atomic E-state index is 0.528. The zero-order valence-electron chi connectivity index (χ0n) is 12.4. The van der Waals surface area contributed by atoms with Gasteiger partial charge in [0, 0.05) is 12.0 Å². The molecular weight excluding hydrogens is 242 g/mol. The van der Waals surface area contributed by atoms with Crippen molar-refractivity contribution in [2.75, 3.05) is 7.05 Å². The minimum Gasteiger partial charge on any atom is -0.316 e. The highest BCUT2D eigenvalue weighted by Gasteiger charge is 2.28. The number of likely N-dealkylation sites (N-methyl/N-ethyl adjacent to an activating group) is 1. The lowest BCUT2D eigenvalue weighted by Crippen LogP contribution is -2.33. The average Bonchev–Trinajstić information content (AvgIpc) is 2.89. The second-order valence-electron chi connectivity index (χ2n) is 5.93. The summed E-state index contributed by atoms with van der Waals surface area (Å²) in [5, 5.41) is 3.55. The molecule has 1 heteroatoms. The molecule has 2 atom stereocenters. The van der Waals surface area contributed by atoms with Crippen LogP contribution in [0.25, 0.3) is 0 Å². The second-order valence-corrected chi connectivity index (χ2v) is 5.93. The van der Waals surface area contributed by atoms with Crippen LogP contribution in [0.3, 0.4) is 0 Å². The van der Waals surface area contributed by atoms with E-state index in [-0.39, 0.29) is 0 Å². The van der Waals surface area contributed by atoms with Crippen LogP contribution in [0, 0.1) is 6.92 Å². The first-order valence-corrected chi connectivity index (χ1v) is 7.58. The van der Waals surface area contributed by atoms with E-state index in [1.807, 2.05) is 0 Å². The third-order valence-corrected chi connectivity index (χ3v) is 4.57. The SMILES string of the molecule is CNC(Cc1cccc(C)c1)C1CCc2ccccc21. The number of aryl methyl sites for hydroxylation is 2. The Morgan fingerprint density at radius 1 is 1.15 bits per heavy atom. The van der Waals surface area contributed by atoms with E-state index in [0.29, 0.717) is 12.0 Å². The number of hydrogen-bond donors (Lipinski definition) is 1. The summed E-state index contributed by atoms with van der Waals surface area (Å²) >= 11 is 0. The first-order valence-electron chi connectivity index (χ1n) is 7.58. The van der Waals surface area contributed by atoms with Crippen LogP contribution < -0.4 is 5.32 Å². The molecular formula is C19H23N. The molecule has 1 N–H and O–H groups in total. The van der Waals surface area contributed by atoms with E-state index in [0.717, 1.165) is 6.42 Å². The number of nitrogens with one attached hydrogen (secondary N) is 1. The van der Waals surface area contributed by atoms with Crippen LogP contribution in [0.2, 0.25) is 0 Å². The van der Waals surface area contributed by atoms with Gasteiger partial charge in [-0.3, -0.25) is 0 Å². The van der Waals surface area contributed by atoms with Crippen LogP contribution in [-0.4, -0.2) is 13.1 Å². The maximum atomic E-state index is 3.55. The molecule has 0 saturated carbocycles. The molecule has 1 aliphatic rings. The fourth-order valence-corrected chi connectivity index (χ4v) is 3.55. The Kier molecular flexibility index (Phi) is 3.88. The van der Waals surface area contributed by atoms with Crippen molar-refractivity contribution in [1.29, 1.82) is 0 Å². The van der Waals surface area contributed by atoms with Gasteiger partial charge in [0.15, 0.2) is 0 Å². The van der Waals surface area contributed by atoms with Gasteiger partial charge in [0.2, 0.25) is 0 Å². The van der Waals surface area contributed by atoms with Crippen LogP contribution in [0.1, 0.15) is 34.6 Å². The van der Waals surface area contributed by atoms with E-state index in [1.165, 1.54) is 24.0 Å². The molecule has 0 aliphatic heterocycles. The molecule has 0 fully saturated rings. The number of hydrogen-bond acceptors (Lipinski definition) is 1. The summed E-state index contributed by atoms with van der Waals surface area (Å²) in [6.07, 6.45) is 3.61. The lowest BCUT2D eigenvalue weighted by Gasteiger charge is -2.24. The highest BCUT2D eigenvalue weighted by molar-refractivity contribution is 5.36. The van der Waals surface area contributed by atoms with E-state index in [9.17, 15) is 0 Å². The Morgan fingerprint density at radius 2 is 2.00 bits per heavy atom. The zero-order valence-corrected chi connectivity index (χ0v) is 12.4. The van der Waals surface area contributed by atoms with E-state index in [1.54, 1.807) is 11.1 Å². The van der Waals surface area contributed by atoms with Crippen molar-refractivity contribution in [3.63, 3.8) is 0 Å². The fraction of sp³-hybridized carbons (Fsp3) is 0.368. The largest absolute Gasteiger partial charge is 0.316 e. The normalized spacial score (nSPS) is 18.8. The van der Waals surface area contributed by atoms with Gasteiger partial charge in [-0.2, -0.15) is 0 Å². The highest BCUT2D eigenvalue weighted by Crippen LogP contribution is 2.36. The van der Waals surface area contributed by atoms with Crippen molar-refractivity contribution in [1.82, 2.24) is 5.32 Å². The molecule has 0 aromatic heterocycles. The quantitative estimate of drug-likeness (QED) is 0.885. The molecule has 1 nitrogen and oxygen atoms in total. The van der Waals surface area contributed by atoms with E-state index < -0.39 is 0 Å². The third-order valence-electron chi connectivity index (χ3n) is 4.57. The molecule has 0 bridgehead atoms. The summed E-state index contributed by atoms with van der Waals surface area (Å²) in [7, 11) is 2.10. The molecule has 0 amide bonds. The Hall–Kier alpha value is -1.60. The van der Waals surface area contributed by atoms with E-state index in [2.05, 4.69) is 67.8 Å². The first kappa shape index (κ1) is 13.4. The summed E-state index contributed by atoms with van der Waals surface area (Å²) in [5.41, 5.74) is 5.89. The smallest absolute Gasteiger partial charge is 0.0173 e. The third kappa shape index (κ3) is 2.64. The van der Waals surface area contributed by atoms with Gasteiger partial charge in [0.1, 0.15) is 0 Å². The van der Waals surface area contributed by atoms with Crippen LogP contribution in [0.5, 0.6) is 0 Å². The maximum Gasteiger partial charge on any atom is 0.0173 e. The van der Waals surface area contributed by atoms with Gasteiger partial charge < -0.3 is 5.32 Å². The molecule has 2 aromatic carbocycles. The molecule has 20 heavy (non-hydrogen) atoms. The summed E-state index contributed by atoms with van der Waals surface area (Å²) in [4.78, 5) is 0. The summed E-state index contributed by atoms with van der Waals surface area (Å²) in [5.74, 6) is 0.650. The first-order chi connectivity index (χ1) is 9.78. The van der Waals surface area contributed by atoms with Crippen LogP contribution in [0.4, 0.5) is 0 Å². The molecule has 1 aliphatic carbocycles. The Morgan fingerprint density at radius 3 is 2.80 bits per heavy atom. The van der Waals surface area contributed by atoms with Gasteiger partial charge in [0.25, 0.3) is 0 Å². The lowest BCUT2D eigenvalue weighted by molar-refractivity contribution is 0.456. The van der Waals surface area contributed by atoms with Crippen molar-refractivity contribution in [2.45, 2.75) is 38.1 Å². The Bertz CT molecular complexity index is 588. The summed E-state index contributed by atoms with van der Waals surface area (Å²) in [6.45, 7) is 2.17. The fourth-order valence-electron chi connectivity index (χ4n) is 3.55. The van der Waals surface area contributed by atoms with Crippen molar-refractivity contribution >= 4 is 0 Å². The van der Waals surface area contributed by atoms with Crippen LogP contribution >= 0.6 is 0 Å².